The number of anilines is 1. The Kier molecular flexibility index (Phi) is 5.87. The van der Waals surface area contributed by atoms with Gasteiger partial charge in [0.15, 0.2) is 6.61 Å². The highest BCUT2D eigenvalue weighted by atomic mass is 16.5. The molecule has 0 saturated carbocycles. The van der Waals surface area contributed by atoms with Crippen molar-refractivity contribution >= 4 is 11.6 Å². The number of carbonyl (C=O) groups is 1. The smallest absolute Gasteiger partial charge is 0.257 e. The van der Waals surface area contributed by atoms with Gasteiger partial charge in [0.2, 0.25) is 0 Å². The standard InChI is InChI=1S/C16H25N3O2/c1-2-19-9-7-13(8-10-19)11-18-16(20)12-21-15-5-3-14(17)4-6-15/h3-6,13H,2,7-12,17H2,1H3,(H,18,20). The Morgan fingerprint density at radius 2 is 2.00 bits per heavy atom. The van der Waals surface area contributed by atoms with Crippen molar-refractivity contribution in [3.05, 3.63) is 24.3 Å². The second-order valence-corrected chi connectivity index (χ2v) is 5.54. The fourth-order valence-electron chi connectivity index (χ4n) is 2.53. The van der Waals surface area contributed by atoms with Crippen molar-refractivity contribution in [3.63, 3.8) is 0 Å². The molecule has 3 N–H and O–H groups in total. The molecule has 0 atom stereocenters. The summed E-state index contributed by atoms with van der Waals surface area (Å²) in [6, 6.07) is 7.05. The van der Waals surface area contributed by atoms with Crippen molar-refractivity contribution in [1.82, 2.24) is 10.2 Å². The predicted octanol–water partition coefficient (Wildman–Crippen LogP) is 1.50. The van der Waals surface area contributed by atoms with E-state index in [9.17, 15) is 4.79 Å². The van der Waals surface area contributed by atoms with Crippen LogP contribution in [-0.4, -0.2) is 43.6 Å². The van der Waals surface area contributed by atoms with Crippen LogP contribution < -0.4 is 15.8 Å². The zero-order chi connectivity index (χ0) is 15.1. The molecule has 0 aliphatic carbocycles. The molecule has 0 spiro atoms. The van der Waals surface area contributed by atoms with E-state index in [4.69, 9.17) is 10.5 Å². The van der Waals surface area contributed by atoms with Crippen LogP contribution in [0.3, 0.4) is 0 Å². The predicted molar refractivity (Wildman–Crippen MR) is 84.2 cm³/mol. The van der Waals surface area contributed by atoms with Crippen LogP contribution in [0.15, 0.2) is 24.3 Å². The van der Waals surface area contributed by atoms with Crippen LogP contribution in [0, 0.1) is 5.92 Å². The Hall–Kier alpha value is -1.75. The topological polar surface area (TPSA) is 67.6 Å². The number of hydrogen-bond donors (Lipinski definition) is 2. The van der Waals surface area contributed by atoms with Gasteiger partial charge in [0.1, 0.15) is 5.75 Å². The monoisotopic (exact) mass is 291 g/mol. The highest BCUT2D eigenvalue weighted by molar-refractivity contribution is 5.77. The van der Waals surface area contributed by atoms with Gasteiger partial charge in [-0.05, 0) is 62.7 Å². The summed E-state index contributed by atoms with van der Waals surface area (Å²) < 4.78 is 5.42. The molecule has 5 nitrogen and oxygen atoms in total. The van der Waals surface area contributed by atoms with E-state index >= 15 is 0 Å². The number of nitrogens with one attached hydrogen (secondary N) is 1. The average Bonchev–Trinajstić information content (AvgIpc) is 2.53. The molecule has 1 aliphatic heterocycles. The molecule has 0 bridgehead atoms. The summed E-state index contributed by atoms with van der Waals surface area (Å²) in [7, 11) is 0. The highest BCUT2D eigenvalue weighted by Crippen LogP contribution is 2.16. The van der Waals surface area contributed by atoms with Gasteiger partial charge < -0.3 is 20.7 Å². The summed E-state index contributed by atoms with van der Waals surface area (Å²) in [5.41, 5.74) is 6.28. The number of benzene rings is 1. The molecule has 0 unspecified atom stereocenters. The minimum atomic E-state index is -0.0650. The number of carbonyl (C=O) groups excluding carboxylic acids is 1. The van der Waals surface area contributed by atoms with Crippen molar-refractivity contribution in [2.45, 2.75) is 19.8 Å². The lowest BCUT2D eigenvalue weighted by Gasteiger charge is -2.31. The van der Waals surface area contributed by atoms with Gasteiger partial charge in [0.25, 0.3) is 5.91 Å². The normalized spacial score (nSPS) is 16.6. The Morgan fingerprint density at radius 1 is 1.33 bits per heavy atom. The van der Waals surface area contributed by atoms with Crippen molar-refractivity contribution in [1.29, 1.82) is 0 Å². The molecular formula is C16H25N3O2. The first kappa shape index (κ1) is 15.6. The van der Waals surface area contributed by atoms with E-state index in [1.165, 1.54) is 0 Å². The number of piperidine rings is 1. The number of ether oxygens (including phenoxy) is 1. The van der Waals surface area contributed by atoms with Crippen molar-refractivity contribution < 1.29 is 9.53 Å². The lowest BCUT2D eigenvalue weighted by Crippen LogP contribution is -2.39. The summed E-state index contributed by atoms with van der Waals surface area (Å²) >= 11 is 0. The molecular weight excluding hydrogens is 266 g/mol. The molecule has 2 rings (SSSR count). The van der Waals surface area contributed by atoms with E-state index in [-0.39, 0.29) is 12.5 Å². The number of nitrogens with two attached hydrogens (primary N) is 1. The summed E-state index contributed by atoms with van der Waals surface area (Å²) in [4.78, 5) is 14.2. The number of hydrogen-bond acceptors (Lipinski definition) is 4. The van der Waals surface area contributed by atoms with Crippen molar-refractivity contribution in [2.75, 3.05) is 38.5 Å². The third kappa shape index (κ3) is 5.27. The molecule has 0 aromatic heterocycles. The van der Waals surface area contributed by atoms with E-state index in [1.54, 1.807) is 24.3 Å². The van der Waals surface area contributed by atoms with E-state index in [0.717, 1.165) is 39.0 Å². The van der Waals surface area contributed by atoms with Crippen LogP contribution in [0.25, 0.3) is 0 Å². The van der Waals surface area contributed by atoms with Gasteiger partial charge in [-0.15, -0.1) is 0 Å². The molecule has 1 aromatic rings. The minimum absolute atomic E-state index is 0.0533. The molecule has 1 fully saturated rings. The Bertz CT molecular complexity index is 439. The lowest BCUT2D eigenvalue weighted by atomic mass is 9.97. The van der Waals surface area contributed by atoms with Gasteiger partial charge in [-0.25, -0.2) is 0 Å². The fourth-order valence-corrected chi connectivity index (χ4v) is 2.53. The van der Waals surface area contributed by atoms with Gasteiger partial charge in [0, 0.05) is 12.2 Å². The van der Waals surface area contributed by atoms with E-state index in [2.05, 4.69) is 17.1 Å². The molecule has 0 radical (unpaired) electrons. The second-order valence-electron chi connectivity index (χ2n) is 5.54. The average molecular weight is 291 g/mol. The minimum Gasteiger partial charge on any atom is -0.484 e. The van der Waals surface area contributed by atoms with Gasteiger partial charge in [-0.2, -0.15) is 0 Å². The molecule has 1 amide bonds. The molecule has 1 aromatic carbocycles. The maximum atomic E-state index is 11.8. The van der Waals surface area contributed by atoms with Gasteiger partial charge in [-0.3, -0.25) is 4.79 Å². The van der Waals surface area contributed by atoms with Crippen LogP contribution in [-0.2, 0) is 4.79 Å². The molecule has 1 saturated heterocycles. The van der Waals surface area contributed by atoms with Crippen LogP contribution >= 0.6 is 0 Å². The third-order valence-corrected chi connectivity index (χ3v) is 3.99. The summed E-state index contributed by atoms with van der Waals surface area (Å²) in [5, 5.41) is 2.96. The summed E-state index contributed by atoms with van der Waals surface area (Å²) in [5.74, 6) is 1.19. The number of amides is 1. The summed E-state index contributed by atoms with van der Waals surface area (Å²) in [6.45, 7) is 6.39. The quantitative estimate of drug-likeness (QED) is 0.779. The van der Waals surface area contributed by atoms with Crippen LogP contribution in [0.5, 0.6) is 5.75 Å². The molecule has 21 heavy (non-hydrogen) atoms. The number of nitrogen functional groups attached to an aromatic ring is 1. The van der Waals surface area contributed by atoms with E-state index < -0.39 is 0 Å². The largest absolute Gasteiger partial charge is 0.484 e. The zero-order valence-electron chi connectivity index (χ0n) is 12.7. The van der Waals surface area contributed by atoms with Gasteiger partial charge in [-0.1, -0.05) is 6.92 Å². The van der Waals surface area contributed by atoms with Crippen molar-refractivity contribution in [3.8, 4) is 5.75 Å². The first-order chi connectivity index (χ1) is 10.2. The Morgan fingerprint density at radius 3 is 2.62 bits per heavy atom. The highest BCUT2D eigenvalue weighted by Gasteiger charge is 2.18. The van der Waals surface area contributed by atoms with Crippen molar-refractivity contribution in [2.24, 2.45) is 5.92 Å². The number of likely N-dealkylation sites (tertiary alicyclic amines) is 1. The molecule has 1 heterocycles. The summed E-state index contributed by atoms with van der Waals surface area (Å²) in [6.07, 6.45) is 2.32. The van der Waals surface area contributed by atoms with E-state index in [1.807, 2.05) is 0 Å². The number of nitrogens with zero attached hydrogens (tertiary/aromatic N) is 1. The fraction of sp³-hybridized carbons (Fsp3) is 0.562. The first-order valence-corrected chi connectivity index (χ1v) is 7.64. The second kappa shape index (κ2) is 7.88. The maximum absolute atomic E-state index is 11.8. The lowest BCUT2D eigenvalue weighted by molar-refractivity contribution is -0.123. The third-order valence-electron chi connectivity index (χ3n) is 3.99. The van der Waals surface area contributed by atoms with Crippen LogP contribution in [0.2, 0.25) is 0 Å². The van der Waals surface area contributed by atoms with Gasteiger partial charge >= 0.3 is 0 Å². The van der Waals surface area contributed by atoms with Crippen LogP contribution in [0.1, 0.15) is 19.8 Å². The maximum Gasteiger partial charge on any atom is 0.257 e. The Labute approximate surface area is 126 Å². The zero-order valence-corrected chi connectivity index (χ0v) is 12.7. The molecule has 5 heteroatoms. The first-order valence-electron chi connectivity index (χ1n) is 7.64. The molecule has 116 valence electrons. The number of rotatable bonds is 6. The van der Waals surface area contributed by atoms with Crippen LogP contribution in [0.4, 0.5) is 5.69 Å². The van der Waals surface area contributed by atoms with Gasteiger partial charge in [0.05, 0.1) is 0 Å². The Balaban J connectivity index is 1.62. The van der Waals surface area contributed by atoms with E-state index in [0.29, 0.717) is 17.4 Å². The molecule has 1 aliphatic rings. The SMILES string of the molecule is CCN1CCC(CNC(=O)COc2ccc(N)cc2)CC1.